The lowest BCUT2D eigenvalue weighted by molar-refractivity contribution is 0.0322. The number of morpholine rings is 1. The van der Waals surface area contributed by atoms with Gasteiger partial charge in [-0.3, -0.25) is 4.90 Å². The van der Waals surface area contributed by atoms with E-state index in [2.05, 4.69) is 16.7 Å². The van der Waals surface area contributed by atoms with E-state index in [-0.39, 0.29) is 0 Å². The number of ether oxygens (including phenoxy) is 3. The zero-order valence-corrected chi connectivity index (χ0v) is 12.4. The van der Waals surface area contributed by atoms with Crippen molar-refractivity contribution >= 4 is 0 Å². The summed E-state index contributed by atoms with van der Waals surface area (Å²) in [6.45, 7) is 5.37. The average Bonchev–Trinajstić information content (AvgIpc) is 2.54. The summed E-state index contributed by atoms with van der Waals surface area (Å²) in [7, 11) is 1.63. The van der Waals surface area contributed by atoms with Crippen molar-refractivity contribution < 1.29 is 14.2 Å². The van der Waals surface area contributed by atoms with Gasteiger partial charge in [-0.25, -0.2) is 0 Å². The number of nitrogens with two attached hydrogens (primary N) is 1. The van der Waals surface area contributed by atoms with Crippen LogP contribution in [0.2, 0.25) is 0 Å². The van der Waals surface area contributed by atoms with Crippen molar-refractivity contribution in [1.82, 2.24) is 4.90 Å². The van der Waals surface area contributed by atoms with Crippen LogP contribution in [0.4, 0.5) is 0 Å². The molecule has 0 aromatic heterocycles. The van der Waals surface area contributed by atoms with Gasteiger partial charge in [0.25, 0.3) is 0 Å². The fourth-order valence-electron chi connectivity index (χ4n) is 2.12. The van der Waals surface area contributed by atoms with Gasteiger partial charge in [0.15, 0.2) is 0 Å². The maximum absolute atomic E-state index is 5.86. The quantitative estimate of drug-likeness (QED) is 0.810. The van der Waals surface area contributed by atoms with Crippen molar-refractivity contribution in [1.29, 1.82) is 0 Å². The molecule has 0 spiro atoms. The predicted molar refractivity (Wildman–Crippen MR) is 81.7 cm³/mol. The second-order valence-corrected chi connectivity index (χ2v) is 4.67. The maximum Gasteiger partial charge on any atom is 0.135 e. The number of hydrogen-bond donors (Lipinski definition) is 1. The fourth-order valence-corrected chi connectivity index (χ4v) is 2.12. The molecular formula is C16H22N2O3. The predicted octanol–water partition coefficient (Wildman–Crippen LogP) is 0.716. The highest BCUT2D eigenvalue weighted by Crippen LogP contribution is 2.23. The zero-order valence-electron chi connectivity index (χ0n) is 12.4. The summed E-state index contributed by atoms with van der Waals surface area (Å²) in [5.74, 6) is 7.40. The summed E-state index contributed by atoms with van der Waals surface area (Å²) in [6, 6.07) is 5.63. The van der Waals surface area contributed by atoms with E-state index in [1.807, 2.05) is 18.2 Å². The molecule has 2 rings (SSSR count). The van der Waals surface area contributed by atoms with Crippen LogP contribution in [0.5, 0.6) is 11.5 Å². The molecule has 0 radical (unpaired) electrons. The Morgan fingerprint density at radius 1 is 1.33 bits per heavy atom. The Hall–Kier alpha value is -1.74. The van der Waals surface area contributed by atoms with Crippen molar-refractivity contribution in [2.24, 2.45) is 5.73 Å². The van der Waals surface area contributed by atoms with Gasteiger partial charge in [-0.05, 0) is 18.2 Å². The van der Waals surface area contributed by atoms with E-state index in [1.54, 1.807) is 7.11 Å². The Morgan fingerprint density at radius 2 is 2.14 bits per heavy atom. The first-order valence-electron chi connectivity index (χ1n) is 7.13. The fraction of sp³-hybridized carbons (Fsp3) is 0.500. The van der Waals surface area contributed by atoms with E-state index in [0.717, 1.165) is 49.9 Å². The molecule has 0 saturated carbocycles. The Balaban J connectivity index is 1.94. The summed E-state index contributed by atoms with van der Waals surface area (Å²) >= 11 is 0. The smallest absolute Gasteiger partial charge is 0.135 e. The molecular weight excluding hydrogens is 268 g/mol. The first-order valence-corrected chi connectivity index (χ1v) is 7.13. The summed E-state index contributed by atoms with van der Waals surface area (Å²) < 4.78 is 16.4. The minimum Gasteiger partial charge on any atom is -0.497 e. The molecule has 5 nitrogen and oxygen atoms in total. The van der Waals surface area contributed by atoms with Crippen molar-refractivity contribution in [3.63, 3.8) is 0 Å². The molecule has 0 atom stereocenters. The van der Waals surface area contributed by atoms with Gasteiger partial charge in [0.1, 0.15) is 18.1 Å². The first-order chi connectivity index (χ1) is 10.3. The molecule has 0 bridgehead atoms. The van der Waals surface area contributed by atoms with E-state index in [1.165, 1.54) is 0 Å². The van der Waals surface area contributed by atoms with Crippen LogP contribution in [-0.2, 0) is 4.74 Å². The van der Waals surface area contributed by atoms with Crippen LogP contribution in [0.25, 0.3) is 0 Å². The lowest BCUT2D eigenvalue weighted by Gasteiger charge is -2.26. The Labute approximate surface area is 126 Å². The van der Waals surface area contributed by atoms with E-state index in [9.17, 15) is 0 Å². The SMILES string of the molecule is COc1ccc(OCCN2CCOCC2)c(C#CCN)c1. The largest absolute Gasteiger partial charge is 0.497 e. The van der Waals surface area contributed by atoms with Gasteiger partial charge in [0.2, 0.25) is 0 Å². The molecule has 1 aromatic carbocycles. The lowest BCUT2D eigenvalue weighted by atomic mass is 10.2. The third-order valence-corrected chi connectivity index (χ3v) is 3.28. The van der Waals surface area contributed by atoms with Crippen LogP contribution >= 0.6 is 0 Å². The van der Waals surface area contributed by atoms with Crippen LogP contribution in [0.15, 0.2) is 18.2 Å². The second-order valence-electron chi connectivity index (χ2n) is 4.67. The van der Waals surface area contributed by atoms with Gasteiger partial charge >= 0.3 is 0 Å². The monoisotopic (exact) mass is 290 g/mol. The van der Waals surface area contributed by atoms with Crippen LogP contribution in [0.3, 0.4) is 0 Å². The van der Waals surface area contributed by atoms with E-state index in [0.29, 0.717) is 13.2 Å². The van der Waals surface area contributed by atoms with Crippen LogP contribution in [0, 0.1) is 11.8 Å². The standard InChI is InChI=1S/C16H22N2O3/c1-19-15-4-5-16(14(13-15)3-2-6-17)21-12-9-18-7-10-20-11-8-18/h4-5,13H,6-12,17H2,1H3. The number of hydrogen-bond acceptors (Lipinski definition) is 5. The van der Waals surface area contributed by atoms with Gasteiger partial charge in [-0.1, -0.05) is 11.8 Å². The van der Waals surface area contributed by atoms with Crippen molar-refractivity contribution in [3.8, 4) is 23.3 Å². The summed E-state index contributed by atoms with van der Waals surface area (Å²) in [5, 5.41) is 0. The molecule has 0 amide bonds. The van der Waals surface area contributed by atoms with Gasteiger partial charge in [0.05, 0.1) is 32.4 Å². The molecule has 1 saturated heterocycles. The number of methoxy groups -OCH3 is 1. The molecule has 1 aromatic rings. The van der Waals surface area contributed by atoms with Crippen LogP contribution in [0.1, 0.15) is 5.56 Å². The number of nitrogens with zero attached hydrogens (tertiary/aromatic N) is 1. The van der Waals surface area contributed by atoms with Gasteiger partial charge < -0.3 is 19.9 Å². The first kappa shape index (κ1) is 15.6. The molecule has 1 heterocycles. The highest BCUT2D eigenvalue weighted by molar-refractivity contribution is 5.50. The average molecular weight is 290 g/mol. The van der Waals surface area contributed by atoms with Crippen molar-refractivity contribution in [2.75, 3.05) is 53.1 Å². The van der Waals surface area contributed by atoms with E-state index in [4.69, 9.17) is 19.9 Å². The Kier molecular flexibility index (Phi) is 6.35. The third kappa shape index (κ3) is 4.94. The maximum atomic E-state index is 5.86. The third-order valence-electron chi connectivity index (χ3n) is 3.28. The summed E-state index contributed by atoms with van der Waals surface area (Å²) in [4.78, 5) is 2.33. The number of benzene rings is 1. The molecule has 0 aliphatic carbocycles. The molecule has 1 fully saturated rings. The Bertz CT molecular complexity index is 502. The second kappa shape index (κ2) is 8.53. The van der Waals surface area contributed by atoms with Crippen molar-refractivity contribution in [2.45, 2.75) is 0 Å². The Morgan fingerprint density at radius 3 is 2.86 bits per heavy atom. The molecule has 21 heavy (non-hydrogen) atoms. The van der Waals surface area contributed by atoms with E-state index < -0.39 is 0 Å². The van der Waals surface area contributed by atoms with Gasteiger partial charge in [0, 0.05) is 19.6 Å². The van der Waals surface area contributed by atoms with Crippen LogP contribution in [-0.4, -0.2) is 58.0 Å². The molecule has 114 valence electrons. The molecule has 5 heteroatoms. The summed E-state index contributed by atoms with van der Waals surface area (Å²) in [5.41, 5.74) is 6.24. The summed E-state index contributed by atoms with van der Waals surface area (Å²) in [6.07, 6.45) is 0. The van der Waals surface area contributed by atoms with Gasteiger partial charge in [-0.2, -0.15) is 0 Å². The number of rotatable bonds is 5. The highest BCUT2D eigenvalue weighted by atomic mass is 16.5. The molecule has 0 unspecified atom stereocenters. The molecule has 1 aliphatic rings. The highest BCUT2D eigenvalue weighted by Gasteiger charge is 2.10. The van der Waals surface area contributed by atoms with Crippen LogP contribution < -0.4 is 15.2 Å². The van der Waals surface area contributed by atoms with Gasteiger partial charge in [-0.15, -0.1) is 0 Å². The lowest BCUT2D eigenvalue weighted by Crippen LogP contribution is -2.38. The molecule has 2 N–H and O–H groups in total. The minimum absolute atomic E-state index is 0.324. The van der Waals surface area contributed by atoms with Crippen molar-refractivity contribution in [3.05, 3.63) is 23.8 Å². The van der Waals surface area contributed by atoms with E-state index >= 15 is 0 Å². The zero-order chi connectivity index (χ0) is 14.9. The normalized spacial score (nSPS) is 15.1. The molecule has 1 aliphatic heterocycles. The topological polar surface area (TPSA) is 57.0 Å². The minimum atomic E-state index is 0.324.